The van der Waals surface area contributed by atoms with Gasteiger partial charge < -0.3 is 5.32 Å². The molecule has 4 nitrogen and oxygen atoms in total. The molecule has 1 heterocycles. The lowest BCUT2D eigenvalue weighted by atomic mass is 10.2. The fourth-order valence-electron chi connectivity index (χ4n) is 2.39. The molecule has 25 heavy (non-hydrogen) atoms. The van der Waals surface area contributed by atoms with E-state index in [4.69, 9.17) is 11.6 Å². The number of halogens is 3. The van der Waals surface area contributed by atoms with Crippen molar-refractivity contribution < 1.29 is 13.6 Å². The number of rotatable bonds is 4. The van der Waals surface area contributed by atoms with Gasteiger partial charge in [-0.2, -0.15) is 5.10 Å². The van der Waals surface area contributed by atoms with Crippen molar-refractivity contribution in [1.82, 2.24) is 9.78 Å². The number of anilines is 1. The van der Waals surface area contributed by atoms with Crippen molar-refractivity contribution in [3.63, 3.8) is 0 Å². The molecule has 0 radical (unpaired) electrons. The van der Waals surface area contributed by atoms with Crippen molar-refractivity contribution in [2.24, 2.45) is 0 Å². The molecule has 2 aromatic carbocycles. The number of hydrogen-bond acceptors (Lipinski definition) is 2. The number of benzene rings is 2. The van der Waals surface area contributed by atoms with Crippen LogP contribution in [0.15, 0.2) is 48.5 Å². The Hall–Kier alpha value is -2.73. The molecule has 0 aliphatic heterocycles. The maximum Gasteiger partial charge on any atom is 0.262 e. The van der Waals surface area contributed by atoms with Crippen LogP contribution in [0.4, 0.5) is 14.6 Å². The quantitative estimate of drug-likeness (QED) is 0.747. The number of aryl methyl sites for hydroxylation is 1. The van der Waals surface area contributed by atoms with Gasteiger partial charge in [0.05, 0.1) is 6.54 Å². The molecule has 0 aliphatic carbocycles. The smallest absolute Gasteiger partial charge is 0.262 e. The van der Waals surface area contributed by atoms with Gasteiger partial charge in [-0.15, -0.1) is 0 Å². The van der Waals surface area contributed by atoms with Gasteiger partial charge in [0.1, 0.15) is 17.2 Å². The van der Waals surface area contributed by atoms with Gasteiger partial charge in [0.25, 0.3) is 5.91 Å². The Morgan fingerprint density at radius 3 is 2.44 bits per heavy atom. The summed E-state index contributed by atoms with van der Waals surface area (Å²) >= 11 is 5.86. The van der Waals surface area contributed by atoms with E-state index < -0.39 is 23.1 Å². The van der Waals surface area contributed by atoms with Crippen LogP contribution in [0.5, 0.6) is 0 Å². The summed E-state index contributed by atoms with van der Waals surface area (Å²) in [7, 11) is 0. The minimum atomic E-state index is -0.921. The van der Waals surface area contributed by atoms with Crippen LogP contribution in [0.1, 0.15) is 21.6 Å². The zero-order chi connectivity index (χ0) is 18.0. The standard InChI is InChI=1S/C18H14ClF2N3O/c1-11-9-16(22-18(25)17-14(20)3-2-4-15(17)21)23-24(11)10-12-5-7-13(19)8-6-12/h2-9H,10H2,1H3,(H,22,23,25). The molecule has 1 amide bonds. The van der Waals surface area contributed by atoms with Crippen molar-refractivity contribution in [3.05, 3.63) is 82.0 Å². The second-order valence-electron chi connectivity index (χ2n) is 5.51. The van der Waals surface area contributed by atoms with Gasteiger partial charge in [-0.3, -0.25) is 9.48 Å². The van der Waals surface area contributed by atoms with Gasteiger partial charge in [0.15, 0.2) is 5.82 Å². The molecule has 0 fully saturated rings. The molecule has 1 aromatic heterocycles. The van der Waals surface area contributed by atoms with Crippen LogP contribution in [0.3, 0.4) is 0 Å². The monoisotopic (exact) mass is 361 g/mol. The lowest BCUT2D eigenvalue weighted by molar-refractivity contribution is 0.101. The number of nitrogens with zero attached hydrogens (tertiary/aromatic N) is 2. The lowest BCUT2D eigenvalue weighted by Gasteiger charge is -2.05. The summed E-state index contributed by atoms with van der Waals surface area (Å²) in [6.45, 7) is 2.30. The Morgan fingerprint density at radius 2 is 1.80 bits per heavy atom. The summed E-state index contributed by atoms with van der Waals surface area (Å²) in [5.41, 5.74) is 1.14. The van der Waals surface area contributed by atoms with Crippen LogP contribution in [-0.2, 0) is 6.54 Å². The average molecular weight is 362 g/mol. The van der Waals surface area contributed by atoms with Crippen LogP contribution in [-0.4, -0.2) is 15.7 Å². The molecule has 0 saturated carbocycles. The Kier molecular flexibility index (Phi) is 4.81. The first-order chi connectivity index (χ1) is 11.9. The maximum absolute atomic E-state index is 13.7. The zero-order valence-corrected chi connectivity index (χ0v) is 14.0. The fraction of sp³-hybridized carbons (Fsp3) is 0.111. The summed E-state index contributed by atoms with van der Waals surface area (Å²) in [6, 6.07) is 12.2. The molecule has 1 N–H and O–H groups in total. The zero-order valence-electron chi connectivity index (χ0n) is 13.3. The van der Waals surface area contributed by atoms with Crippen molar-refractivity contribution in [2.75, 3.05) is 5.32 Å². The minimum Gasteiger partial charge on any atom is -0.305 e. The first-order valence-electron chi connectivity index (χ1n) is 7.48. The normalized spacial score (nSPS) is 10.7. The third-order valence-electron chi connectivity index (χ3n) is 3.66. The fourth-order valence-corrected chi connectivity index (χ4v) is 2.51. The first-order valence-corrected chi connectivity index (χ1v) is 7.86. The minimum absolute atomic E-state index is 0.221. The predicted octanol–water partition coefficient (Wildman–Crippen LogP) is 4.42. The van der Waals surface area contributed by atoms with E-state index in [-0.39, 0.29) is 5.82 Å². The number of hydrogen-bond donors (Lipinski definition) is 1. The summed E-state index contributed by atoms with van der Waals surface area (Å²) in [5.74, 6) is -2.50. The summed E-state index contributed by atoms with van der Waals surface area (Å²) in [5, 5.41) is 7.32. The first kappa shape index (κ1) is 17.1. The van der Waals surface area contributed by atoms with E-state index in [1.54, 1.807) is 22.9 Å². The number of carbonyl (C=O) groups excluding carboxylic acids is 1. The van der Waals surface area contributed by atoms with Crippen LogP contribution >= 0.6 is 11.6 Å². The molecule has 7 heteroatoms. The Bertz CT molecular complexity index is 902. The van der Waals surface area contributed by atoms with E-state index in [9.17, 15) is 13.6 Å². The van der Waals surface area contributed by atoms with Gasteiger partial charge in [-0.25, -0.2) is 8.78 Å². The number of amides is 1. The van der Waals surface area contributed by atoms with Crippen molar-refractivity contribution in [2.45, 2.75) is 13.5 Å². The van der Waals surface area contributed by atoms with Gasteiger partial charge >= 0.3 is 0 Å². The number of carbonyl (C=O) groups is 1. The molecular formula is C18H14ClF2N3O. The highest BCUT2D eigenvalue weighted by atomic mass is 35.5. The number of nitrogens with one attached hydrogen (secondary N) is 1. The van der Waals surface area contributed by atoms with Gasteiger partial charge in [-0.05, 0) is 36.8 Å². The van der Waals surface area contributed by atoms with E-state index in [0.717, 1.165) is 23.4 Å². The molecule has 3 aromatic rings. The molecule has 3 rings (SSSR count). The van der Waals surface area contributed by atoms with Crippen molar-refractivity contribution in [3.8, 4) is 0 Å². The Morgan fingerprint density at radius 1 is 1.16 bits per heavy atom. The summed E-state index contributed by atoms with van der Waals surface area (Å²) in [6.07, 6.45) is 0. The third kappa shape index (κ3) is 3.85. The van der Waals surface area contributed by atoms with Gasteiger partial charge in [0, 0.05) is 16.8 Å². The third-order valence-corrected chi connectivity index (χ3v) is 3.91. The van der Waals surface area contributed by atoms with Crippen molar-refractivity contribution >= 4 is 23.3 Å². The lowest BCUT2D eigenvalue weighted by Crippen LogP contribution is -2.16. The molecular weight excluding hydrogens is 348 g/mol. The van der Waals surface area contributed by atoms with Gasteiger partial charge in [-0.1, -0.05) is 29.8 Å². The Labute approximate surface area is 148 Å². The highest BCUT2D eigenvalue weighted by Gasteiger charge is 2.18. The topological polar surface area (TPSA) is 46.9 Å². The largest absolute Gasteiger partial charge is 0.305 e. The molecule has 0 atom stereocenters. The SMILES string of the molecule is Cc1cc(NC(=O)c2c(F)cccc2F)nn1Cc1ccc(Cl)cc1. The van der Waals surface area contributed by atoms with Crippen LogP contribution in [0.25, 0.3) is 0 Å². The van der Waals surface area contributed by atoms with E-state index in [0.29, 0.717) is 11.6 Å². The van der Waals surface area contributed by atoms with Gasteiger partial charge in [0.2, 0.25) is 0 Å². The van der Waals surface area contributed by atoms with E-state index in [1.165, 1.54) is 6.07 Å². The molecule has 0 saturated heterocycles. The second kappa shape index (κ2) is 7.03. The molecule has 0 bridgehead atoms. The average Bonchev–Trinajstić information content (AvgIpc) is 2.88. The van der Waals surface area contributed by atoms with Crippen molar-refractivity contribution in [1.29, 1.82) is 0 Å². The van der Waals surface area contributed by atoms with E-state index in [1.807, 2.05) is 19.1 Å². The summed E-state index contributed by atoms with van der Waals surface area (Å²) in [4.78, 5) is 12.1. The van der Waals surface area contributed by atoms with E-state index >= 15 is 0 Å². The summed E-state index contributed by atoms with van der Waals surface area (Å²) < 4.78 is 29.0. The highest BCUT2D eigenvalue weighted by Crippen LogP contribution is 2.17. The Balaban J connectivity index is 1.78. The highest BCUT2D eigenvalue weighted by molar-refractivity contribution is 6.30. The van der Waals surface area contributed by atoms with Crippen LogP contribution in [0.2, 0.25) is 5.02 Å². The van der Waals surface area contributed by atoms with Crippen LogP contribution in [0, 0.1) is 18.6 Å². The molecule has 128 valence electrons. The molecule has 0 aliphatic rings. The predicted molar refractivity (Wildman–Crippen MR) is 91.8 cm³/mol. The van der Waals surface area contributed by atoms with Crippen LogP contribution < -0.4 is 5.32 Å². The number of aromatic nitrogens is 2. The molecule has 0 unspecified atom stereocenters. The van der Waals surface area contributed by atoms with E-state index in [2.05, 4.69) is 10.4 Å². The maximum atomic E-state index is 13.7. The molecule has 0 spiro atoms. The second-order valence-corrected chi connectivity index (χ2v) is 5.94.